The number of ether oxygens (including phenoxy) is 2. The molecule has 0 aliphatic carbocycles. The number of esters is 1. The number of nitrogens with zero attached hydrogens (tertiary/aromatic N) is 1. The van der Waals surface area contributed by atoms with Gasteiger partial charge in [0.25, 0.3) is 0 Å². The predicted molar refractivity (Wildman–Crippen MR) is 135 cm³/mol. The molecule has 0 fully saturated rings. The molecule has 3 aromatic rings. The molecule has 0 saturated heterocycles. The number of nitrogens with one attached hydrogen (secondary N) is 1. The Morgan fingerprint density at radius 2 is 1.85 bits per heavy atom. The number of fused-ring (bicyclic) bond motifs is 1. The van der Waals surface area contributed by atoms with Crippen molar-refractivity contribution in [1.29, 1.82) is 0 Å². The van der Waals surface area contributed by atoms with Crippen LogP contribution < -0.4 is 5.32 Å². The molecule has 0 radical (unpaired) electrons. The van der Waals surface area contributed by atoms with Crippen LogP contribution in [0.2, 0.25) is 5.02 Å². The number of carbonyl (C=O) groups is 1. The lowest BCUT2D eigenvalue weighted by molar-refractivity contribution is -0.154. The molecule has 0 bridgehead atoms. The number of aromatic nitrogens is 1. The van der Waals surface area contributed by atoms with E-state index in [1.165, 1.54) is 0 Å². The quantitative estimate of drug-likeness (QED) is 0.247. The highest BCUT2D eigenvalue weighted by Crippen LogP contribution is 2.23. The molecule has 0 saturated carbocycles. The molecule has 3 rings (SSSR count). The van der Waals surface area contributed by atoms with Gasteiger partial charge in [0.05, 0.1) is 12.1 Å². The number of hydrogen-bond donors (Lipinski definition) is 1. The van der Waals surface area contributed by atoms with Gasteiger partial charge < -0.3 is 19.4 Å². The summed E-state index contributed by atoms with van der Waals surface area (Å²) in [4.78, 5) is 11.7. The van der Waals surface area contributed by atoms with Crippen LogP contribution in [-0.2, 0) is 27.4 Å². The first-order valence-electron chi connectivity index (χ1n) is 11.7. The van der Waals surface area contributed by atoms with Gasteiger partial charge in [0.15, 0.2) is 0 Å². The van der Waals surface area contributed by atoms with E-state index >= 15 is 0 Å². The van der Waals surface area contributed by atoms with Crippen LogP contribution >= 0.6 is 11.6 Å². The number of rotatable bonds is 12. The second-order valence-corrected chi connectivity index (χ2v) is 9.84. The molecular weight excluding hydrogens is 455 g/mol. The number of unbranched alkanes of at least 4 members (excludes halogenated alkanes) is 1. The van der Waals surface area contributed by atoms with E-state index in [1.807, 2.05) is 61.9 Å². The normalized spacial score (nSPS) is 11.8. The number of hydrogen-bond acceptors (Lipinski definition) is 4. The second-order valence-electron chi connectivity index (χ2n) is 9.40. The standard InChI is InChI=1S/C27H34ClFN2O3/c1-27(2,3)34-26(32)6-4-5-14-33-15-12-30-18-21-16-23(29)17-25-24(21)11-13-31(25)19-20-7-9-22(28)10-8-20/h7-11,13,16-17,30H,4-6,12,14-15,18-19H2,1-3H3. The summed E-state index contributed by atoms with van der Waals surface area (Å²) in [6.45, 7) is 8.63. The molecular formula is C27H34ClFN2O3. The topological polar surface area (TPSA) is 52.5 Å². The Bertz CT molecular complexity index is 1070. The highest BCUT2D eigenvalue weighted by atomic mass is 35.5. The minimum Gasteiger partial charge on any atom is -0.460 e. The van der Waals surface area contributed by atoms with Crippen LogP contribution in [0.3, 0.4) is 0 Å². The van der Waals surface area contributed by atoms with Crippen LogP contribution in [0.1, 0.15) is 51.2 Å². The Morgan fingerprint density at radius 1 is 1.09 bits per heavy atom. The van der Waals surface area contributed by atoms with Gasteiger partial charge in [0, 0.05) is 49.3 Å². The zero-order chi connectivity index (χ0) is 24.6. The predicted octanol–water partition coefficient (Wildman–Crippen LogP) is 6.10. The van der Waals surface area contributed by atoms with Crippen LogP contribution in [0.5, 0.6) is 0 Å². The maximum absolute atomic E-state index is 14.3. The monoisotopic (exact) mass is 488 g/mol. The lowest BCUT2D eigenvalue weighted by atomic mass is 10.1. The maximum Gasteiger partial charge on any atom is 0.306 e. The SMILES string of the molecule is CC(C)(C)OC(=O)CCCCOCCNCc1cc(F)cc2c1ccn2Cc1ccc(Cl)cc1. The van der Waals surface area contributed by atoms with E-state index in [9.17, 15) is 9.18 Å². The van der Waals surface area contributed by atoms with Gasteiger partial charge in [-0.3, -0.25) is 4.79 Å². The minimum atomic E-state index is -0.439. The minimum absolute atomic E-state index is 0.169. The average Bonchev–Trinajstić information content (AvgIpc) is 3.15. The molecule has 0 amide bonds. The van der Waals surface area contributed by atoms with Crippen molar-refractivity contribution >= 4 is 28.5 Å². The first-order chi connectivity index (χ1) is 16.2. The number of benzene rings is 2. The molecule has 184 valence electrons. The lowest BCUT2D eigenvalue weighted by Crippen LogP contribution is -2.23. The van der Waals surface area contributed by atoms with E-state index in [2.05, 4.69) is 5.32 Å². The molecule has 5 nitrogen and oxygen atoms in total. The van der Waals surface area contributed by atoms with Crippen molar-refractivity contribution in [3.05, 3.63) is 70.6 Å². The summed E-state index contributed by atoms with van der Waals surface area (Å²) in [5.41, 5.74) is 2.45. The largest absolute Gasteiger partial charge is 0.460 e. The zero-order valence-corrected chi connectivity index (χ0v) is 21.0. The van der Waals surface area contributed by atoms with Gasteiger partial charge in [0.1, 0.15) is 11.4 Å². The molecule has 0 aliphatic rings. The van der Waals surface area contributed by atoms with Crippen LogP contribution in [0.25, 0.3) is 10.9 Å². The number of halogens is 2. The summed E-state index contributed by atoms with van der Waals surface area (Å²) in [7, 11) is 0. The van der Waals surface area contributed by atoms with Crippen molar-refractivity contribution < 1.29 is 18.7 Å². The fraction of sp³-hybridized carbons (Fsp3) is 0.444. The summed E-state index contributed by atoms with van der Waals surface area (Å²) >= 11 is 5.97. The van der Waals surface area contributed by atoms with Crippen molar-refractivity contribution in [2.24, 2.45) is 0 Å². The molecule has 1 heterocycles. The Kier molecular flexibility index (Phi) is 9.51. The van der Waals surface area contributed by atoms with Crippen molar-refractivity contribution in [1.82, 2.24) is 9.88 Å². The molecule has 0 aliphatic heterocycles. The van der Waals surface area contributed by atoms with E-state index in [-0.39, 0.29) is 11.8 Å². The van der Waals surface area contributed by atoms with Gasteiger partial charge in [0.2, 0.25) is 0 Å². The molecule has 34 heavy (non-hydrogen) atoms. The van der Waals surface area contributed by atoms with Crippen molar-refractivity contribution in [3.8, 4) is 0 Å². The van der Waals surface area contributed by atoms with E-state index in [0.29, 0.717) is 44.3 Å². The summed E-state index contributed by atoms with van der Waals surface area (Å²) in [6.07, 6.45) is 3.95. The zero-order valence-electron chi connectivity index (χ0n) is 20.2. The van der Waals surface area contributed by atoms with Gasteiger partial charge in [-0.2, -0.15) is 0 Å². The first-order valence-corrected chi connectivity index (χ1v) is 12.1. The van der Waals surface area contributed by atoms with Crippen LogP contribution in [0.15, 0.2) is 48.7 Å². The Labute approximate surface area is 206 Å². The fourth-order valence-electron chi connectivity index (χ4n) is 3.74. The fourth-order valence-corrected chi connectivity index (χ4v) is 3.87. The third-order valence-corrected chi connectivity index (χ3v) is 5.54. The van der Waals surface area contributed by atoms with Crippen molar-refractivity contribution in [2.45, 2.75) is 58.7 Å². The molecule has 1 aromatic heterocycles. The van der Waals surface area contributed by atoms with Gasteiger partial charge in [-0.15, -0.1) is 0 Å². The Morgan fingerprint density at radius 3 is 2.59 bits per heavy atom. The molecule has 0 unspecified atom stereocenters. The van der Waals surface area contributed by atoms with Crippen molar-refractivity contribution in [3.63, 3.8) is 0 Å². The van der Waals surface area contributed by atoms with Crippen LogP contribution in [0, 0.1) is 5.82 Å². The van der Waals surface area contributed by atoms with Crippen LogP contribution in [0.4, 0.5) is 4.39 Å². The molecule has 1 N–H and O–H groups in total. The first kappa shape index (κ1) is 26.2. The smallest absolute Gasteiger partial charge is 0.306 e. The van der Waals surface area contributed by atoms with Crippen LogP contribution in [-0.4, -0.2) is 35.9 Å². The van der Waals surface area contributed by atoms with Gasteiger partial charge in [-0.05, 0) is 75.1 Å². The summed E-state index contributed by atoms with van der Waals surface area (Å²) in [6, 6.07) is 12.9. The third-order valence-electron chi connectivity index (χ3n) is 5.28. The number of carbonyl (C=O) groups excluding carboxylic acids is 1. The van der Waals surface area contributed by atoms with E-state index < -0.39 is 5.60 Å². The van der Waals surface area contributed by atoms with E-state index in [1.54, 1.807) is 12.1 Å². The molecule has 0 atom stereocenters. The molecule has 0 spiro atoms. The third kappa shape index (κ3) is 8.42. The Hall–Kier alpha value is -2.41. The highest BCUT2D eigenvalue weighted by Gasteiger charge is 2.15. The highest BCUT2D eigenvalue weighted by molar-refractivity contribution is 6.30. The van der Waals surface area contributed by atoms with E-state index in [4.69, 9.17) is 21.1 Å². The lowest BCUT2D eigenvalue weighted by Gasteiger charge is -2.19. The summed E-state index contributed by atoms with van der Waals surface area (Å²) in [5.74, 6) is -0.417. The second kappa shape index (κ2) is 12.3. The van der Waals surface area contributed by atoms with Gasteiger partial charge in [-0.25, -0.2) is 4.39 Å². The molecule has 7 heteroatoms. The average molecular weight is 489 g/mol. The van der Waals surface area contributed by atoms with Crippen molar-refractivity contribution in [2.75, 3.05) is 19.8 Å². The summed E-state index contributed by atoms with van der Waals surface area (Å²) < 4.78 is 27.3. The summed E-state index contributed by atoms with van der Waals surface area (Å²) in [5, 5.41) is 5.06. The Balaban J connectivity index is 1.40. The van der Waals surface area contributed by atoms with Gasteiger partial charge >= 0.3 is 5.97 Å². The molecule has 2 aromatic carbocycles. The maximum atomic E-state index is 14.3. The van der Waals surface area contributed by atoms with E-state index in [0.717, 1.165) is 34.9 Å². The van der Waals surface area contributed by atoms with Gasteiger partial charge in [-0.1, -0.05) is 23.7 Å².